The number of nitrogens with one attached hydrogen (secondary N) is 2. The molecule has 0 bridgehead atoms. The zero-order valence-corrected chi connectivity index (χ0v) is 14.0. The van der Waals surface area contributed by atoms with Crippen molar-refractivity contribution in [3.8, 4) is 0 Å². The first kappa shape index (κ1) is 16.9. The van der Waals surface area contributed by atoms with E-state index in [1.807, 2.05) is 20.8 Å². The van der Waals surface area contributed by atoms with E-state index in [9.17, 15) is 9.59 Å². The van der Waals surface area contributed by atoms with Crippen LogP contribution in [0, 0.1) is 0 Å². The molecule has 1 fully saturated rings. The van der Waals surface area contributed by atoms with E-state index in [0.717, 1.165) is 11.3 Å². The summed E-state index contributed by atoms with van der Waals surface area (Å²) in [5.74, 6) is -0.660. The molecular weight excluding hydrogens is 306 g/mol. The third kappa shape index (κ3) is 3.82. The van der Waals surface area contributed by atoms with Crippen molar-refractivity contribution in [1.29, 1.82) is 0 Å². The summed E-state index contributed by atoms with van der Waals surface area (Å²) in [7, 11) is 1.33. The highest BCUT2D eigenvalue weighted by atomic mass is 32.1. The van der Waals surface area contributed by atoms with Gasteiger partial charge in [-0.15, -0.1) is 0 Å². The number of thiazole rings is 1. The van der Waals surface area contributed by atoms with Crippen LogP contribution in [0.2, 0.25) is 0 Å². The monoisotopic (exact) mass is 327 g/mol. The Hall–Kier alpha value is -1.51. The second-order valence-corrected chi connectivity index (χ2v) is 7.01. The van der Waals surface area contributed by atoms with Gasteiger partial charge in [-0.25, -0.2) is 9.78 Å². The fourth-order valence-electron chi connectivity index (χ4n) is 2.04. The first-order chi connectivity index (χ1) is 10.3. The van der Waals surface area contributed by atoms with Crippen LogP contribution in [0.3, 0.4) is 0 Å². The molecule has 1 aliphatic heterocycles. The lowest BCUT2D eigenvalue weighted by Gasteiger charge is -2.22. The molecule has 2 N–H and O–H groups in total. The summed E-state index contributed by atoms with van der Waals surface area (Å²) in [5.41, 5.74) is 0.294. The smallest absolute Gasteiger partial charge is 0.350 e. The predicted octanol–water partition coefficient (Wildman–Crippen LogP) is 1.15. The van der Waals surface area contributed by atoms with Crippen molar-refractivity contribution in [3.05, 3.63) is 10.6 Å². The van der Waals surface area contributed by atoms with Crippen LogP contribution in [-0.4, -0.2) is 49.8 Å². The van der Waals surface area contributed by atoms with Crippen molar-refractivity contribution >= 4 is 28.3 Å². The fourth-order valence-corrected chi connectivity index (χ4v) is 3.14. The van der Waals surface area contributed by atoms with E-state index in [0.29, 0.717) is 35.5 Å². The third-order valence-electron chi connectivity index (χ3n) is 3.18. The average Bonchev–Trinajstić information content (AvgIpc) is 2.91. The predicted molar refractivity (Wildman–Crippen MR) is 83.4 cm³/mol. The van der Waals surface area contributed by atoms with E-state index in [1.165, 1.54) is 7.11 Å². The molecule has 1 aliphatic rings. The van der Waals surface area contributed by atoms with Crippen LogP contribution >= 0.6 is 11.3 Å². The van der Waals surface area contributed by atoms with Crippen LogP contribution < -0.4 is 10.6 Å². The van der Waals surface area contributed by atoms with Crippen LogP contribution in [-0.2, 0) is 19.7 Å². The standard InChI is InChI=1S/C14H21N3O4S/c1-14(2,3)10-9(12(19)20-4)22-13(16-10)17-11(18)8-7-21-6-5-15-8/h8,15H,5-7H2,1-4H3,(H,16,17,18). The minimum Gasteiger partial charge on any atom is -0.465 e. The SMILES string of the molecule is COC(=O)c1sc(NC(=O)C2COCCN2)nc1C(C)(C)C. The van der Waals surface area contributed by atoms with Gasteiger partial charge in [-0.05, 0) is 0 Å². The van der Waals surface area contributed by atoms with Crippen molar-refractivity contribution < 1.29 is 19.1 Å². The van der Waals surface area contributed by atoms with Gasteiger partial charge in [0.1, 0.15) is 10.9 Å². The number of amides is 1. The number of rotatable bonds is 3. The van der Waals surface area contributed by atoms with E-state index < -0.39 is 12.0 Å². The van der Waals surface area contributed by atoms with Gasteiger partial charge in [0.25, 0.3) is 0 Å². The van der Waals surface area contributed by atoms with Crippen molar-refractivity contribution in [2.45, 2.75) is 32.2 Å². The summed E-state index contributed by atoms with van der Waals surface area (Å²) in [4.78, 5) is 28.9. The largest absolute Gasteiger partial charge is 0.465 e. The minimum atomic E-state index is -0.443. The van der Waals surface area contributed by atoms with Gasteiger partial charge in [0.2, 0.25) is 5.91 Å². The lowest BCUT2D eigenvalue weighted by molar-refractivity contribution is -0.120. The molecule has 0 aromatic carbocycles. The Kier molecular flexibility index (Phi) is 5.15. The number of hydrogen-bond donors (Lipinski definition) is 2. The number of aromatic nitrogens is 1. The molecule has 0 spiro atoms. The van der Waals surface area contributed by atoms with Gasteiger partial charge in [-0.2, -0.15) is 0 Å². The highest BCUT2D eigenvalue weighted by Gasteiger charge is 2.29. The Bertz CT molecular complexity index is 559. The average molecular weight is 327 g/mol. The van der Waals surface area contributed by atoms with E-state index in [2.05, 4.69) is 15.6 Å². The molecule has 1 aromatic heterocycles. The molecule has 0 radical (unpaired) electrons. The maximum atomic E-state index is 12.2. The van der Waals surface area contributed by atoms with Gasteiger partial charge in [0.15, 0.2) is 5.13 Å². The zero-order valence-electron chi connectivity index (χ0n) is 13.2. The molecule has 2 heterocycles. The Labute approximate surface area is 133 Å². The number of esters is 1. The van der Waals surface area contributed by atoms with Crippen molar-refractivity contribution in [1.82, 2.24) is 10.3 Å². The minimum absolute atomic E-state index is 0.217. The normalized spacial score (nSPS) is 18.8. The summed E-state index contributed by atoms with van der Waals surface area (Å²) in [6, 6.07) is -0.405. The van der Waals surface area contributed by atoms with Crippen LogP contribution in [0.5, 0.6) is 0 Å². The topological polar surface area (TPSA) is 89.5 Å². The number of ether oxygens (including phenoxy) is 2. The molecule has 7 nitrogen and oxygen atoms in total. The number of nitrogens with zero attached hydrogens (tertiary/aromatic N) is 1. The van der Waals surface area contributed by atoms with Gasteiger partial charge in [-0.3, -0.25) is 4.79 Å². The maximum absolute atomic E-state index is 12.2. The number of morpholine rings is 1. The van der Waals surface area contributed by atoms with Crippen molar-refractivity contribution in [2.75, 3.05) is 32.2 Å². The second kappa shape index (κ2) is 6.72. The molecule has 0 saturated carbocycles. The zero-order chi connectivity index (χ0) is 16.3. The summed E-state index contributed by atoms with van der Waals surface area (Å²) < 4.78 is 10.1. The Morgan fingerprint density at radius 3 is 2.73 bits per heavy atom. The molecule has 122 valence electrons. The molecule has 1 aromatic rings. The summed E-state index contributed by atoms with van der Waals surface area (Å²) in [6.45, 7) is 7.43. The first-order valence-corrected chi connectivity index (χ1v) is 7.86. The molecule has 8 heteroatoms. The van der Waals surface area contributed by atoms with E-state index in [-0.39, 0.29) is 11.3 Å². The quantitative estimate of drug-likeness (QED) is 0.810. The molecular formula is C14H21N3O4S. The van der Waals surface area contributed by atoms with Crippen molar-refractivity contribution in [2.24, 2.45) is 0 Å². The van der Waals surface area contributed by atoms with Crippen LogP contribution in [0.25, 0.3) is 0 Å². The highest BCUT2D eigenvalue weighted by Crippen LogP contribution is 2.32. The number of anilines is 1. The number of carbonyl (C=O) groups excluding carboxylic acids is 2. The van der Waals surface area contributed by atoms with Crippen LogP contribution in [0.15, 0.2) is 0 Å². The van der Waals surface area contributed by atoms with Crippen molar-refractivity contribution in [3.63, 3.8) is 0 Å². The number of methoxy groups -OCH3 is 1. The molecule has 2 rings (SSSR count). The molecule has 0 aliphatic carbocycles. The highest BCUT2D eigenvalue weighted by molar-refractivity contribution is 7.17. The Balaban J connectivity index is 2.19. The van der Waals surface area contributed by atoms with Gasteiger partial charge < -0.3 is 20.1 Å². The van der Waals surface area contributed by atoms with Gasteiger partial charge in [0.05, 0.1) is 26.0 Å². The van der Waals surface area contributed by atoms with Gasteiger partial charge in [0, 0.05) is 12.0 Å². The fraction of sp³-hybridized carbons (Fsp3) is 0.643. The molecule has 1 saturated heterocycles. The maximum Gasteiger partial charge on any atom is 0.350 e. The van der Waals surface area contributed by atoms with E-state index in [4.69, 9.17) is 9.47 Å². The summed E-state index contributed by atoms with van der Waals surface area (Å²) >= 11 is 1.13. The molecule has 1 atom stereocenters. The molecule has 1 unspecified atom stereocenters. The lowest BCUT2D eigenvalue weighted by Crippen LogP contribution is -2.48. The number of hydrogen-bond acceptors (Lipinski definition) is 7. The lowest BCUT2D eigenvalue weighted by atomic mass is 9.91. The Morgan fingerprint density at radius 2 is 2.18 bits per heavy atom. The number of carbonyl (C=O) groups is 2. The van der Waals surface area contributed by atoms with Crippen LogP contribution in [0.1, 0.15) is 36.1 Å². The Morgan fingerprint density at radius 1 is 1.45 bits per heavy atom. The third-order valence-corrected chi connectivity index (χ3v) is 4.13. The van der Waals surface area contributed by atoms with E-state index >= 15 is 0 Å². The van der Waals surface area contributed by atoms with E-state index in [1.54, 1.807) is 0 Å². The molecule has 1 amide bonds. The first-order valence-electron chi connectivity index (χ1n) is 7.04. The summed E-state index contributed by atoms with van der Waals surface area (Å²) in [5, 5.41) is 6.21. The second-order valence-electron chi connectivity index (χ2n) is 6.01. The van der Waals surface area contributed by atoms with Gasteiger partial charge >= 0.3 is 5.97 Å². The molecule has 22 heavy (non-hydrogen) atoms. The van der Waals surface area contributed by atoms with Crippen LogP contribution in [0.4, 0.5) is 5.13 Å². The summed E-state index contributed by atoms with van der Waals surface area (Å²) in [6.07, 6.45) is 0. The van der Waals surface area contributed by atoms with Gasteiger partial charge in [-0.1, -0.05) is 32.1 Å².